The Morgan fingerprint density at radius 3 is 2.80 bits per heavy atom. The van der Waals surface area contributed by atoms with Gasteiger partial charge in [-0.1, -0.05) is 12.8 Å². The fourth-order valence-corrected chi connectivity index (χ4v) is 4.37. The molecule has 4 nitrogen and oxygen atoms in total. The molecule has 1 amide bonds. The lowest BCUT2D eigenvalue weighted by Crippen LogP contribution is -2.37. The zero-order valence-corrected chi connectivity index (χ0v) is 12.8. The van der Waals surface area contributed by atoms with Crippen molar-refractivity contribution in [3.05, 3.63) is 0 Å². The molecular formula is C16H28N2O2. The molecule has 0 unspecified atom stereocenters. The highest BCUT2D eigenvalue weighted by atomic mass is 16.5. The highest BCUT2D eigenvalue weighted by Gasteiger charge is 2.43. The van der Waals surface area contributed by atoms with Gasteiger partial charge in [0.05, 0.1) is 12.5 Å². The Morgan fingerprint density at radius 2 is 2.05 bits per heavy atom. The number of hydrogen-bond donors (Lipinski definition) is 0. The average molecular weight is 280 g/mol. The van der Waals surface area contributed by atoms with Crippen LogP contribution >= 0.6 is 0 Å². The maximum absolute atomic E-state index is 12.7. The zero-order chi connectivity index (χ0) is 14.0. The van der Waals surface area contributed by atoms with E-state index in [1.165, 1.54) is 32.1 Å². The zero-order valence-electron chi connectivity index (χ0n) is 12.8. The molecule has 0 radical (unpaired) electrons. The first kappa shape index (κ1) is 14.3. The molecule has 0 bridgehead atoms. The molecule has 2 heterocycles. The molecule has 3 aliphatic rings. The van der Waals surface area contributed by atoms with Crippen LogP contribution in [0, 0.1) is 11.3 Å². The Kier molecular flexibility index (Phi) is 4.32. The van der Waals surface area contributed by atoms with Crippen LogP contribution in [-0.2, 0) is 9.53 Å². The Labute approximate surface area is 122 Å². The van der Waals surface area contributed by atoms with Crippen molar-refractivity contribution in [2.75, 3.05) is 46.4 Å². The van der Waals surface area contributed by atoms with Gasteiger partial charge in [-0.2, -0.15) is 0 Å². The van der Waals surface area contributed by atoms with Gasteiger partial charge >= 0.3 is 0 Å². The Morgan fingerprint density at radius 1 is 1.25 bits per heavy atom. The maximum atomic E-state index is 12.7. The van der Waals surface area contributed by atoms with E-state index in [0.29, 0.717) is 11.3 Å². The van der Waals surface area contributed by atoms with E-state index in [2.05, 4.69) is 9.80 Å². The molecule has 2 aliphatic heterocycles. The minimum Gasteiger partial charge on any atom is -0.383 e. The second-order valence-corrected chi connectivity index (χ2v) is 7.00. The summed E-state index contributed by atoms with van der Waals surface area (Å²) in [6.45, 7) is 5.77. The summed E-state index contributed by atoms with van der Waals surface area (Å²) in [6.07, 6.45) is 7.72. The molecule has 0 N–H and O–H groups in total. The molecule has 1 saturated carbocycles. The largest absolute Gasteiger partial charge is 0.383 e. The predicted octanol–water partition coefficient (Wildman–Crippen LogP) is 1.75. The van der Waals surface area contributed by atoms with E-state index < -0.39 is 0 Å². The molecule has 0 aromatic heterocycles. The van der Waals surface area contributed by atoms with Gasteiger partial charge in [-0.3, -0.25) is 4.79 Å². The highest BCUT2D eigenvalue weighted by Crippen LogP contribution is 2.45. The van der Waals surface area contributed by atoms with Crippen LogP contribution in [0.4, 0.5) is 0 Å². The number of ether oxygens (including phenoxy) is 1. The van der Waals surface area contributed by atoms with Gasteiger partial charge in [-0.15, -0.1) is 0 Å². The number of likely N-dealkylation sites (tertiary alicyclic amines) is 2. The number of amides is 1. The normalized spacial score (nSPS) is 29.6. The summed E-state index contributed by atoms with van der Waals surface area (Å²) >= 11 is 0. The Balaban J connectivity index is 1.50. The van der Waals surface area contributed by atoms with Gasteiger partial charge in [0.1, 0.15) is 0 Å². The van der Waals surface area contributed by atoms with Crippen LogP contribution in [0.5, 0.6) is 0 Å². The van der Waals surface area contributed by atoms with Crippen LogP contribution in [-0.4, -0.2) is 62.1 Å². The lowest BCUT2D eigenvalue weighted by molar-refractivity contribution is -0.134. The smallest absolute Gasteiger partial charge is 0.227 e. The first-order chi connectivity index (χ1) is 9.72. The number of methoxy groups -OCH3 is 1. The van der Waals surface area contributed by atoms with Crippen molar-refractivity contribution in [2.45, 2.75) is 38.5 Å². The van der Waals surface area contributed by atoms with Crippen molar-refractivity contribution in [1.29, 1.82) is 0 Å². The van der Waals surface area contributed by atoms with E-state index in [1.54, 1.807) is 7.11 Å². The van der Waals surface area contributed by atoms with Crippen LogP contribution in [0.15, 0.2) is 0 Å². The van der Waals surface area contributed by atoms with E-state index in [9.17, 15) is 4.79 Å². The number of carbonyl (C=O) groups is 1. The van der Waals surface area contributed by atoms with Crippen molar-refractivity contribution >= 4 is 5.91 Å². The SMILES string of the molecule is COCCN1CC[C@H](C(=O)N2CCC3(CCCC3)C2)C1. The van der Waals surface area contributed by atoms with Crippen molar-refractivity contribution in [3.8, 4) is 0 Å². The Bertz CT molecular complexity index is 352. The van der Waals surface area contributed by atoms with Crippen molar-refractivity contribution < 1.29 is 9.53 Å². The summed E-state index contributed by atoms with van der Waals surface area (Å²) in [5, 5.41) is 0. The summed E-state index contributed by atoms with van der Waals surface area (Å²) < 4.78 is 5.13. The number of hydrogen-bond acceptors (Lipinski definition) is 3. The van der Waals surface area contributed by atoms with E-state index in [1.807, 2.05) is 0 Å². The third-order valence-electron chi connectivity index (χ3n) is 5.65. The second-order valence-electron chi connectivity index (χ2n) is 7.00. The van der Waals surface area contributed by atoms with Crippen LogP contribution in [0.2, 0.25) is 0 Å². The lowest BCUT2D eigenvalue weighted by Gasteiger charge is -2.25. The minimum absolute atomic E-state index is 0.239. The Hall–Kier alpha value is -0.610. The van der Waals surface area contributed by atoms with Gasteiger partial charge in [0, 0.05) is 33.3 Å². The minimum atomic E-state index is 0.239. The first-order valence-corrected chi connectivity index (χ1v) is 8.23. The summed E-state index contributed by atoms with van der Waals surface area (Å²) in [7, 11) is 1.74. The van der Waals surface area contributed by atoms with Gasteiger partial charge in [-0.05, 0) is 37.6 Å². The van der Waals surface area contributed by atoms with Gasteiger partial charge in [-0.25, -0.2) is 0 Å². The molecule has 3 fully saturated rings. The quantitative estimate of drug-likeness (QED) is 0.786. The number of nitrogens with zero attached hydrogens (tertiary/aromatic N) is 2. The number of rotatable bonds is 4. The van der Waals surface area contributed by atoms with E-state index in [0.717, 1.165) is 45.8 Å². The molecular weight excluding hydrogens is 252 g/mol. The van der Waals surface area contributed by atoms with Crippen molar-refractivity contribution in [1.82, 2.24) is 9.80 Å². The second kappa shape index (κ2) is 6.02. The van der Waals surface area contributed by atoms with E-state index >= 15 is 0 Å². The van der Waals surface area contributed by atoms with Crippen LogP contribution in [0.3, 0.4) is 0 Å². The predicted molar refractivity (Wildman–Crippen MR) is 78.5 cm³/mol. The fourth-order valence-electron chi connectivity index (χ4n) is 4.37. The van der Waals surface area contributed by atoms with Gasteiger partial charge in [0.2, 0.25) is 5.91 Å². The molecule has 3 rings (SSSR count). The topological polar surface area (TPSA) is 32.8 Å². The van der Waals surface area contributed by atoms with Gasteiger partial charge in [0.25, 0.3) is 0 Å². The molecule has 0 aromatic rings. The van der Waals surface area contributed by atoms with Crippen LogP contribution in [0.1, 0.15) is 38.5 Å². The first-order valence-electron chi connectivity index (χ1n) is 8.23. The molecule has 20 heavy (non-hydrogen) atoms. The summed E-state index contributed by atoms with van der Waals surface area (Å²) in [6, 6.07) is 0. The molecule has 1 atom stereocenters. The van der Waals surface area contributed by atoms with Crippen LogP contribution < -0.4 is 0 Å². The molecule has 0 aromatic carbocycles. The highest BCUT2D eigenvalue weighted by molar-refractivity contribution is 5.79. The lowest BCUT2D eigenvalue weighted by atomic mass is 9.86. The average Bonchev–Trinajstić information content (AvgIpc) is 3.18. The summed E-state index contributed by atoms with van der Waals surface area (Å²) in [5.74, 6) is 0.664. The summed E-state index contributed by atoms with van der Waals surface area (Å²) in [4.78, 5) is 17.2. The third-order valence-corrected chi connectivity index (χ3v) is 5.65. The molecule has 1 spiro atoms. The van der Waals surface area contributed by atoms with Gasteiger partial charge in [0.15, 0.2) is 0 Å². The van der Waals surface area contributed by atoms with E-state index in [4.69, 9.17) is 4.74 Å². The molecule has 114 valence electrons. The van der Waals surface area contributed by atoms with Crippen LogP contribution in [0.25, 0.3) is 0 Å². The molecule has 2 saturated heterocycles. The maximum Gasteiger partial charge on any atom is 0.227 e. The molecule has 4 heteroatoms. The molecule has 1 aliphatic carbocycles. The number of carbonyl (C=O) groups excluding carboxylic acids is 1. The monoisotopic (exact) mass is 280 g/mol. The standard InChI is InChI=1S/C16H28N2O2/c1-20-11-10-17-8-4-14(12-17)15(19)18-9-7-16(13-18)5-2-3-6-16/h14H,2-13H2,1H3/t14-/m0/s1. The van der Waals surface area contributed by atoms with Crippen molar-refractivity contribution in [3.63, 3.8) is 0 Å². The van der Waals surface area contributed by atoms with Gasteiger partial charge < -0.3 is 14.5 Å². The summed E-state index contributed by atoms with van der Waals surface area (Å²) in [5.41, 5.74) is 0.504. The fraction of sp³-hybridized carbons (Fsp3) is 0.938. The third kappa shape index (κ3) is 2.86. The van der Waals surface area contributed by atoms with Crippen molar-refractivity contribution in [2.24, 2.45) is 11.3 Å². The van der Waals surface area contributed by atoms with E-state index in [-0.39, 0.29) is 5.92 Å².